The number of amides is 1. The van der Waals surface area contributed by atoms with Crippen molar-refractivity contribution in [2.45, 2.75) is 39.8 Å². The van der Waals surface area contributed by atoms with Crippen molar-refractivity contribution in [3.8, 4) is 0 Å². The van der Waals surface area contributed by atoms with Crippen LogP contribution < -0.4 is 4.90 Å². The van der Waals surface area contributed by atoms with Gasteiger partial charge in [0.25, 0.3) is 0 Å². The Bertz CT molecular complexity index is 517. The number of benzene rings is 1. The summed E-state index contributed by atoms with van der Waals surface area (Å²) in [4.78, 5) is 19.1. The highest BCUT2D eigenvalue weighted by Gasteiger charge is 2.25. The average molecular weight is 338 g/mol. The topological polar surface area (TPSA) is 26.8 Å². The first-order chi connectivity index (χ1) is 10.9. The summed E-state index contributed by atoms with van der Waals surface area (Å²) in [6.45, 7) is 12.4. The lowest BCUT2D eigenvalue weighted by Crippen LogP contribution is -2.52. The Balaban J connectivity index is 1.90. The fourth-order valence-electron chi connectivity index (χ4n) is 3.30. The number of hydrogen-bond donors (Lipinski definition) is 0. The maximum absolute atomic E-state index is 12.5. The van der Waals surface area contributed by atoms with Gasteiger partial charge in [0.2, 0.25) is 5.91 Å². The molecule has 23 heavy (non-hydrogen) atoms. The van der Waals surface area contributed by atoms with E-state index in [2.05, 4.69) is 43.6 Å². The first-order valence-electron chi connectivity index (χ1n) is 8.43. The van der Waals surface area contributed by atoms with Crippen LogP contribution in [0.2, 0.25) is 5.02 Å². The molecule has 1 aliphatic rings. The van der Waals surface area contributed by atoms with Crippen LogP contribution in [0.3, 0.4) is 0 Å². The van der Waals surface area contributed by atoms with E-state index >= 15 is 0 Å². The molecule has 0 aromatic heterocycles. The average Bonchev–Trinajstić information content (AvgIpc) is 2.48. The summed E-state index contributed by atoms with van der Waals surface area (Å²) in [5.74, 6) is 0.223. The molecule has 0 saturated carbocycles. The fourth-order valence-corrected chi connectivity index (χ4v) is 3.56. The zero-order chi connectivity index (χ0) is 17.0. The van der Waals surface area contributed by atoms with Gasteiger partial charge in [0.1, 0.15) is 0 Å². The third kappa shape index (κ3) is 4.61. The Hall–Kier alpha value is -1.26. The maximum atomic E-state index is 12.5. The van der Waals surface area contributed by atoms with E-state index in [0.717, 1.165) is 36.9 Å². The van der Waals surface area contributed by atoms with Gasteiger partial charge in [0.05, 0.1) is 17.3 Å². The predicted octanol–water partition coefficient (Wildman–Crippen LogP) is 3.11. The van der Waals surface area contributed by atoms with Crippen LogP contribution >= 0.6 is 11.6 Å². The number of carbonyl (C=O) groups excluding carboxylic acids is 1. The van der Waals surface area contributed by atoms with Crippen LogP contribution in [0.25, 0.3) is 0 Å². The monoisotopic (exact) mass is 337 g/mol. The van der Waals surface area contributed by atoms with Gasteiger partial charge in [-0.15, -0.1) is 0 Å². The highest BCUT2D eigenvalue weighted by molar-refractivity contribution is 6.33. The standard InChI is InChI=1S/C18H28ClN3O/c1-14(2)22(15(3)4)18(23)13-20-9-11-21(12-10-20)17-8-6-5-7-16(17)19/h5-8,14-15H,9-13H2,1-4H3. The van der Waals surface area contributed by atoms with Crippen molar-refractivity contribution in [1.82, 2.24) is 9.80 Å². The molecular weight excluding hydrogens is 310 g/mol. The summed E-state index contributed by atoms with van der Waals surface area (Å²) in [6, 6.07) is 8.44. The number of carbonyl (C=O) groups is 1. The minimum Gasteiger partial charge on any atom is -0.368 e. The zero-order valence-electron chi connectivity index (χ0n) is 14.6. The van der Waals surface area contributed by atoms with E-state index in [4.69, 9.17) is 11.6 Å². The molecule has 0 bridgehead atoms. The van der Waals surface area contributed by atoms with Gasteiger partial charge < -0.3 is 9.80 Å². The molecule has 128 valence electrons. The van der Waals surface area contributed by atoms with Crippen LogP contribution in [-0.4, -0.2) is 60.5 Å². The predicted molar refractivity (Wildman–Crippen MR) is 97.2 cm³/mol. The molecule has 1 heterocycles. The lowest BCUT2D eigenvalue weighted by molar-refractivity contribution is -0.136. The molecule has 2 rings (SSSR count). The van der Waals surface area contributed by atoms with Gasteiger partial charge in [-0.25, -0.2) is 0 Å². The van der Waals surface area contributed by atoms with Gasteiger partial charge in [-0.3, -0.25) is 9.69 Å². The second-order valence-electron chi connectivity index (χ2n) is 6.70. The summed E-state index contributed by atoms with van der Waals surface area (Å²) in [5, 5.41) is 0.794. The summed E-state index contributed by atoms with van der Waals surface area (Å²) in [5.41, 5.74) is 1.09. The van der Waals surface area contributed by atoms with Gasteiger partial charge in [0, 0.05) is 38.3 Å². The fraction of sp³-hybridized carbons (Fsp3) is 0.611. The molecule has 1 fully saturated rings. The van der Waals surface area contributed by atoms with E-state index in [1.807, 2.05) is 23.1 Å². The molecular formula is C18H28ClN3O. The van der Waals surface area contributed by atoms with E-state index in [0.29, 0.717) is 6.54 Å². The van der Waals surface area contributed by atoms with Crippen molar-refractivity contribution < 1.29 is 4.79 Å². The summed E-state index contributed by atoms with van der Waals surface area (Å²) in [6.07, 6.45) is 0. The Morgan fingerprint density at radius 1 is 1.09 bits per heavy atom. The minimum absolute atomic E-state index is 0.223. The molecule has 1 aromatic carbocycles. The molecule has 1 aliphatic heterocycles. The molecule has 5 heteroatoms. The molecule has 1 saturated heterocycles. The summed E-state index contributed by atoms with van der Waals surface area (Å²) in [7, 11) is 0. The molecule has 1 aromatic rings. The lowest BCUT2D eigenvalue weighted by atomic mass is 10.2. The Morgan fingerprint density at radius 3 is 2.17 bits per heavy atom. The SMILES string of the molecule is CC(C)N(C(=O)CN1CCN(c2ccccc2Cl)CC1)C(C)C. The summed E-state index contributed by atoms with van der Waals surface area (Å²) >= 11 is 6.27. The van der Waals surface area contributed by atoms with Crippen LogP contribution in [-0.2, 0) is 4.79 Å². The Kier molecular flexibility index (Phi) is 6.31. The van der Waals surface area contributed by atoms with Crippen LogP contribution in [0.15, 0.2) is 24.3 Å². The van der Waals surface area contributed by atoms with Crippen LogP contribution in [0, 0.1) is 0 Å². The van der Waals surface area contributed by atoms with Crippen molar-refractivity contribution >= 4 is 23.2 Å². The molecule has 0 N–H and O–H groups in total. The van der Waals surface area contributed by atoms with E-state index in [1.54, 1.807) is 0 Å². The van der Waals surface area contributed by atoms with Crippen molar-refractivity contribution in [3.05, 3.63) is 29.3 Å². The van der Waals surface area contributed by atoms with E-state index in [9.17, 15) is 4.79 Å². The lowest BCUT2D eigenvalue weighted by Gasteiger charge is -2.38. The van der Waals surface area contributed by atoms with Gasteiger partial charge in [-0.1, -0.05) is 23.7 Å². The van der Waals surface area contributed by atoms with Crippen LogP contribution in [0.1, 0.15) is 27.7 Å². The van der Waals surface area contributed by atoms with E-state index < -0.39 is 0 Å². The molecule has 4 nitrogen and oxygen atoms in total. The Morgan fingerprint density at radius 2 is 1.65 bits per heavy atom. The van der Waals surface area contributed by atoms with Crippen LogP contribution in [0.5, 0.6) is 0 Å². The van der Waals surface area contributed by atoms with Gasteiger partial charge in [-0.2, -0.15) is 0 Å². The maximum Gasteiger partial charge on any atom is 0.237 e. The van der Waals surface area contributed by atoms with Gasteiger partial charge >= 0.3 is 0 Å². The highest BCUT2D eigenvalue weighted by atomic mass is 35.5. The van der Waals surface area contributed by atoms with Gasteiger partial charge in [-0.05, 0) is 39.8 Å². The first-order valence-corrected chi connectivity index (χ1v) is 8.81. The Labute approximate surface area is 145 Å². The number of piperazine rings is 1. The van der Waals surface area contributed by atoms with Crippen molar-refractivity contribution in [3.63, 3.8) is 0 Å². The first kappa shape index (κ1) is 18.1. The normalized spacial score (nSPS) is 16.2. The summed E-state index contributed by atoms with van der Waals surface area (Å²) < 4.78 is 0. The van der Waals surface area contributed by atoms with Crippen molar-refractivity contribution in [1.29, 1.82) is 0 Å². The second-order valence-corrected chi connectivity index (χ2v) is 7.11. The van der Waals surface area contributed by atoms with Crippen LogP contribution in [0.4, 0.5) is 5.69 Å². The number of nitrogens with zero attached hydrogens (tertiary/aromatic N) is 3. The minimum atomic E-state index is 0.223. The number of hydrogen-bond acceptors (Lipinski definition) is 3. The molecule has 0 radical (unpaired) electrons. The third-order valence-corrected chi connectivity index (χ3v) is 4.64. The van der Waals surface area contributed by atoms with Gasteiger partial charge in [0.15, 0.2) is 0 Å². The smallest absolute Gasteiger partial charge is 0.237 e. The zero-order valence-corrected chi connectivity index (χ0v) is 15.4. The number of halogens is 1. The highest BCUT2D eigenvalue weighted by Crippen LogP contribution is 2.26. The second kappa shape index (κ2) is 8.02. The number of anilines is 1. The molecule has 0 atom stereocenters. The number of para-hydroxylation sites is 1. The van der Waals surface area contributed by atoms with Crippen molar-refractivity contribution in [2.75, 3.05) is 37.6 Å². The van der Waals surface area contributed by atoms with E-state index in [1.165, 1.54) is 0 Å². The number of rotatable bonds is 5. The van der Waals surface area contributed by atoms with E-state index in [-0.39, 0.29) is 18.0 Å². The van der Waals surface area contributed by atoms with Crippen molar-refractivity contribution in [2.24, 2.45) is 0 Å². The molecule has 0 aliphatic carbocycles. The largest absolute Gasteiger partial charge is 0.368 e. The quantitative estimate of drug-likeness (QED) is 0.826. The molecule has 1 amide bonds. The molecule has 0 spiro atoms. The third-order valence-electron chi connectivity index (χ3n) is 4.32. The molecule has 0 unspecified atom stereocenters.